The predicted molar refractivity (Wildman–Crippen MR) is 136 cm³/mol. The monoisotopic (exact) mass is 446 g/mol. The predicted octanol–water partition coefficient (Wildman–Crippen LogP) is 6.89. The first kappa shape index (κ1) is 21.3. The smallest absolute Gasteiger partial charge is 0.169 e. The van der Waals surface area contributed by atoms with Crippen molar-refractivity contribution in [3.05, 3.63) is 144 Å². The standard InChI is InChI=1S/C32H30O2/c1-5-13-26(14-6-1)30(27-15-7-2-8-16-27)21-22-32(33-24-30)23-31(25-34-32,28-17-9-3-10-18-28)29-19-11-4-12-20-29/h1-20H,21-25H2. The highest BCUT2D eigenvalue weighted by molar-refractivity contribution is 5.43. The van der Waals surface area contributed by atoms with Crippen molar-refractivity contribution >= 4 is 0 Å². The van der Waals surface area contributed by atoms with E-state index in [1.807, 2.05) is 0 Å². The molecule has 2 fully saturated rings. The zero-order chi connectivity index (χ0) is 22.9. The maximum atomic E-state index is 6.83. The van der Waals surface area contributed by atoms with Crippen LogP contribution in [0, 0.1) is 0 Å². The third-order valence-electron chi connectivity index (χ3n) is 7.97. The van der Waals surface area contributed by atoms with Gasteiger partial charge in [0.25, 0.3) is 0 Å². The van der Waals surface area contributed by atoms with Crippen LogP contribution in [0.2, 0.25) is 0 Å². The Morgan fingerprint density at radius 3 is 1.15 bits per heavy atom. The van der Waals surface area contributed by atoms with E-state index in [1.54, 1.807) is 0 Å². The first-order valence-electron chi connectivity index (χ1n) is 12.2. The summed E-state index contributed by atoms with van der Waals surface area (Å²) in [5.41, 5.74) is 4.84. The van der Waals surface area contributed by atoms with Gasteiger partial charge >= 0.3 is 0 Å². The number of benzene rings is 4. The summed E-state index contributed by atoms with van der Waals surface area (Å²) in [5.74, 6) is -0.571. The van der Waals surface area contributed by atoms with Crippen molar-refractivity contribution in [1.82, 2.24) is 0 Å². The zero-order valence-electron chi connectivity index (χ0n) is 19.4. The average Bonchev–Trinajstić information content (AvgIpc) is 3.32. The molecule has 4 aromatic carbocycles. The molecule has 2 heterocycles. The normalized spacial score (nSPS) is 23.1. The van der Waals surface area contributed by atoms with Crippen LogP contribution in [-0.2, 0) is 20.3 Å². The van der Waals surface area contributed by atoms with Crippen molar-refractivity contribution in [2.75, 3.05) is 13.2 Å². The van der Waals surface area contributed by atoms with Gasteiger partial charge in [0.05, 0.1) is 13.2 Å². The van der Waals surface area contributed by atoms with E-state index in [2.05, 4.69) is 121 Å². The Labute approximate surface area is 202 Å². The van der Waals surface area contributed by atoms with E-state index >= 15 is 0 Å². The molecule has 1 atom stereocenters. The molecule has 2 heteroatoms. The lowest BCUT2D eigenvalue weighted by atomic mass is 9.67. The molecule has 1 spiro atoms. The fraction of sp³-hybridized carbons (Fsp3) is 0.250. The van der Waals surface area contributed by atoms with Crippen LogP contribution in [-0.4, -0.2) is 19.0 Å². The Balaban J connectivity index is 1.36. The van der Waals surface area contributed by atoms with E-state index in [0.29, 0.717) is 13.2 Å². The third-order valence-corrected chi connectivity index (χ3v) is 7.97. The van der Waals surface area contributed by atoms with Crippen molar-refractivity contribution < 1.29 is 9.47 Å². The van der Waals surface area contributed by atoms with Crippen molar-refractivity contribution in [2.45, 2.75) is 35.9 Å². The van der Waals surface area contributed by atoms with Gasteiger partial charge in [-0.1, -0.05) is 121 Å². The molecule has 0 aromatic heterocycles. The molecule has 0 radical (unpaired) electrons. The maximum Gasteiger partial charge on any atom is 0.169 e. The molecule has 0 bridgehead atoms. The first-order chi connectivity index (χ1) is 16.7. The number of hydrogen-bond acceptors (Lipinski definition) is 2. The van der Waals surface area contributed by atoms with Gasteiger partial charge in [-0.15, -0.1) is 0 Å². The van der Waals surface area contributed by atoms with Crippen LogP contribution in [0.15, 0.2) is 121 Å². The summed E-state index contributed by atoms with van der Waals surface area (Å²) in [7, 11) is 0. The van der Waals surface area contributed by atoms with E-state index in [1.165, 1.54) is 22.3 Å². The first-order valence-corrected chi connectivity index (χ1v) is 12.2. The lowest BCUT2D eigenvalue weighted by molar-refractivity contribution is -0.241. The molecule has 2 aliphatic rings. The third kappa shape index (κ3) is 3.50. The van der Waals surface area contributed by atoms with E-state index < -0.39 is 5.79 Å². The molecule has 0 N–H and O–H groups in total. The zero-order valence-corrected chi connectivity index (χ0v) is 19.4. The molecule has 2 nitrogen and oxygen atoms in total. The summed E-state index contributed by atoms with van der Waals surface area (Å²) < 4.78 is 13.5. The SMILES string of the molecule is c1ccc(C2(c3ccccc3)CCC3(CC(c4ccccc4)(c4ccccc4)CO3)OC2)cc1. The fourth-order valence-corrected chi connectivity index (χ4v) is 6.06. The lowest BCUT2D eigenvalue weighted by Gasteiger charge is -2.45. The molecule has 170 valence electrons. The fourth-order valence-electron chi connectivity index (χ4n) is 6.06. The summed E-state index contributed by atoms with van der Waals surface area (Å²) >= 11 is 0. The van der Waals surface area contributed by atoms with E-state index in [0.717, 1.165) is 19.3 Å². The minimum Gasteiger partial charge on any atom is -0.349 e. The molecule has 4 aromatic rings. The molecule has 6 rings (SSSR count). The number of hydrogen-bond donors (Lipinski definition) is 0. The van der Waals surface area contributed by atoms with Crippen molar-refractivity contribution in [1.29, 1.82) is 0 Å². The highest BCUT2D eigenvalue weighted by atomic mass is 16.7. The minimum atomic E-state index is -0.571. The molecule has 34 heavy (non-hydrogen) atoms. The van der Waals surface area contributed by atoms with Gasteiger partial charge in [-0.05, 0) is 28.7 Å². The van der Waals surface area contributed by atoms with Gasteiger partial charge < -0.3 is 9.47 Å². The van der Waals surface area contributed by atoms with Gasteiger partial charge in [-0.2, -0.15) is 0 Å². The summed E-state index contributed by atoms with van der Waals surface area (Å²) in [6, 6.07) is 43.3. The second-order valence-corrected chi connectivity index (χ2v) is 9.79. The van der Waals surface area contributed by atoms with Crippen LogP contribution in [0.3, 0.4) is 0 Å². The Kier molecular flexibility index (Phi) is 5.36. The highest BCUT2D eigenvalue weighted by Gasteiger charge is 2.56. The van der Waals surface area contributed by atoms with E-state index in [4.69, 9.17) is 9.47 Å². The van der Waals surface area contributed by atoms with Gasteiger partial charge in [-0.25, -0.2) is 0 Å². The van der Waals surface area contributed by atoms with Crippen molar-refractivity contribution in [3.8, 4) is 0 Å². The Hall–Kier alpha value is -3.20. The van der Waals surface area contributed by atoms with Crippen LogP contribution in [0.1, 0.15) is 41.5 Å². The van der Waals surface area contributed by atoms with Crippen molar-refractivity contribution in [3.63, 3.8) is 0 Å². The van der Waals surface area contributed by atoms with Gasteiger partial charge in [-0.3, -0.25) is 0 Å². The quantitative estimate of drug-likeness (QED) is 0.340. The van der Waals surface area contributed by atoms with Crippen LogP contribution in [0.4, 0.5) is 0 Å². The molecule has 0 saturated carbocycles. The largest absolute Gasteiger partial charge is 0.349 e. The Morgan fingerprint density at radius 2 is 0.765 bits per heavy atom. The van der Waals surface area contributed by atoms with Gasteiger partial charge in [0, 0.05) is 23.7 Å². The number of ether oxygens (including phenoxy) is 2. The van der Waals surface area contributed by atoms with E-state index in [-0.39, 0.29) is 10.8 Å². The summed E-state index contributed by atoms with van der Waals surface area (Å²) in [4.78, 5) is 0. The van der Waals surface area contributed by atoms with Crippen LogP contribution >= 0.6 is 0 Å². The second kappa shape index (κ2) is 8.54. The van der Waals surface area contributed by atoms with Gasteiger partial charge in [0.1, 0.15) is 0 Å². The van der Waals surface area contributed by atoms with Crippen LogP contribution in [0.5, 0.6) is 0 Å². The van der Waals surface area contributed by atoms with Crippen molar-refractivity contribution in [2.24, 2.45) is 0 Å². The highest BCUT2D eigenvalue weighted by Crippen LogP contribution is 2.53. The summed E-state index contributed by atoms with van der Waals surface area (Å²) in [6.45, 7) is 1.24. The van der Waals surface area contributed by atoms with Crippen LogP contribution in [0.25, 0.3) is 0 Å². The molecular formula is C32H30O2. The minimum absolute atomic E-state index is 0.165. The summed E-state index contributed by atoms with van der Waals surface area (Å²) in [6.07, 6.45) is 2.67. The van der Waals surface area contributed by atoms with E-state index in [9.17, 15) is 0 Å². The lowest BCUT2D eigenvalue weighted by Crippen LogP contribution is -2.48. The number of rotatable bonds is 4. The average molecular weight is 447 g/mol. The molecule has 0 amide bonds. The Morgan fingerprint density at radius 1 is 0.412 bits per heavy atom. The molecular weight excluding hydrogens is 416 g/mol. The molecule has 2 aliphatic heterocycles. The molecule has 1 unspecified atom stereocenters. The topological polar surface area (TPSA) is 18.5 Å². The molecule has 2 saturated heterocycles. The Bertz CT molecular complexity index is 1130. The maximum absolute atomic E-state index is 6.83. The second-order valence-electron chi connectivity index (χ2n) is 9.79. The molecule has 0 aliphatic carbocycles. The van der Waals surface area contributed by atoms with Crippen LogP contribution < -0.4 is 0 Å². The van der Waals surface area contributed by atoms with Gasteiger partial charge in [0.15, 0.2) is 5.79 Å². The summed E-state index contributed by atoms with van der Waals surface area (Å²) in [5, 5.41) is 0. The van der Waals surface area contributed by atoms with Gasteiger partial charge in [0.2, 0.25) is 0 Å².